The van der Waals surface area contributed by atoms with E-state index in [1.807, 2.05) is 4.57 Å². The van der Waals surface area contributed by atoms with Gasteiger partial charge in [0.2, 0.25) is 5.91 Å². The summed E-state index contributed by atoms with van der Waals surface area (Å²) >= 11 is 1.22. The zero-order chi connectivity index (χ0) is 15.6. The van der Waals surface area contributed by atoms with Gasteiger partial charge in [-0.1, -0.05) is 17.8 Å². The van der Waals surface area contributed by atoms with Crippen LogP contribution in [0, 0.1) is 0 Å². The molecule has 1 aliphatic heterocycles. The van der Waals surface area contributed by atoms with Crippen LogP contribution in [0.25, 0.3) is 0 Å². The van der Waals surface area contributed by atoms with Gasteiger partial charge in [-0.05, 0) is 13.3 Å². The van der Waals surface area contributed by atoms with Gasteiger partial charge in [-0.2, -0.15) is 0 Å². The number of amides is 1. The lowest BCUT2D eigenvalue weighted by Crippen LogP contribution is -2.23. The third kappa shape index (κ3) is 3.65. The molecule has 0 unspecified atom stereocenters. The fourth-order valence-corrected chi connectivity index (χ4v) is 4.76. The summed E-state index contributed by atoms with van der Waals surface area (Å²) in [5.74, 6) is 0.325. The fraction of sp³-hybridized carbons (Fsp3) is 0.583. The second kappa shape index (κ2) is 6.18. The van der Waals surface area contributed by atoms with Crippen LogP contribution in [0.15, 0.2) is 17.8 Å². The van der Waals surface area contributed by atoms with E-state index in [9.17, 15) is 13.2 Å². The van der Waals surface area contributed by atoms with Crippen molar-refractivity contribution in [2.24, 2.45) is 5.73 Å². The highest BCUT2D eigenvalue weighted by Gasteiger charge is 2.33. The predicted octanol–water partition coefficient (Wildman–Crippen LogP) is 0.332. The van der Waals surface area contributed by atoms with Crippen molar-refractivity contribution in [3.63, 3.8) is 0 Å². The highest BCUT2D eigenvalue weighted by molar-refractivity contribution is 8.00. The van der Waals surface area contributed by atoms with Crippen LogP contribution >= 0.6 is 11.8 Å². The van der Waals surface area contributed by atoms with E-state index in [2.05, 4.69) is 16.8 Å². The van der Waals surface area contributed by atoms with E-state index in [1.54, 1.807) is 13.0 Å². The number of hydrogen-bond donors (Lipinski definition) is 1. The molecule has 1 aromatic rings. The van der Waals surface area contributed by atoms with E-state index in [0.717, 1.165) is 0 Å². The SMILES string of the molecule is C=CCn1c(S[C@@H](C)C(N)=O)nnc1[C@H]1CCS(=O)(=O)C1. The van der Waals surface area contributed by atoms with E-state index < -0.39 is 21.0 Å². The van der Waals surface area contributed by atoms with Gasteiger partial charge in [-0.3, -0.25) is 4.79 Å². The first kappa shape index (κ1) is 16.0. The van der Waals surface area contributed by atoms with Crippen LogP contribution in [0.2, 0.25) is 0 Å². The van der Waals surface area contributed by atoms with Crippen molar-refractivity contribution in [1.82, 2.24) is 14.8 Å². The Hall–Kier alpha value is -1.35. The number of allylic oxidation sites excluding steroid dienone is 1. The number of thioether (sulfide) groups is 1. The maximum absolute atomic E-state index is 11.6. The molecule has 9 heteroatoms. The molecule has 1 fully saturated rings. The zero-order valence-corrected chi connectivity index (χ0v) is 13.4. The molecule has 0 aliphatic carbocycles. The summed E-state index contributed by atoms with van der Waals surface area (Å²) in [6, 6.07) is 0. The van der Waals surface area contributed by atoms with Gasteiger partial charge in [-0.15, -0.1) is 16.8 Å². The second-order valence-corrected chi connectivity index (χ2v) is 8.54. The van der Waals surface area contributed by atoms with Crippen LogP contribution in [0.4, 0.5) is 0 Å². The molecule has 2 atom stereocenters. The van der Waals surface area contributed by atoms with Gasteiger partial charge in [0.15, 0.2) is 15.0 Å². The first-order valence-electron chi connectivity index (χ1n) is 6.54. The third-order valence-corrected chi connectivity index (χ3v) is 6.20. The van der Waals surface area contributed by atoms with Gasteiger partial charge >= 0.3 is 0 Å². The Morgan fingerprint density at radius 2 is 2.33 bits per heavy atom. The smallest absolute Gasteiger partial charge is 0.230 e. The third-order valence-electron chi connectivity index (χ3n) is 3.34. The molecule has 1 saturated heterocycles. The lowest BCUT2D eigenvalue weighted by Gasteiger charge is -2.12. The van der Waals surface area contributed by atoms with Crippen molar-refractivity contribution in [3.8, 4) is 0 Å². The summed E-state index contributed by atoms with van der Waals surface area (Å²) in [4.78, 5) is 11.2. The highest BCUT2D eigenvalue weighted by Crippen LogP contribution is 2.31. The average molecular weight is 330 g/mol. The van der Waals surface area contributed by atoms with Gasteiger partial charge in [0.1, 0.15) is 5.82 Å². The normalized spacial score (nSPS) is 22.0. The molecule has 21 heavy (non-hydrogen) atoms. The lowest BCUT2D eigenvalue weighted by molar-refractivity contribution is -0.117. The Labute approximate surface area is 127 Å². The lowest BCUT2D eigenvalue weighted by atomic mass is 10.1. The molecule has 1 aromatic heterocycles. The Morgan fingerprint density at radius 3 is 2.86 bits per heavy atom. The number of rotatable bonds is 6. The predicted molar refractivity (Wildman–Crippen MR) is 80.7 cm³/mol. The molecular weight excluding hydrogens is 312 g/mol. The zero-order valence-electron chi connectivity index (χ0n) is 11.7. The summed E-state index contributed by atoms with van der Waals surface area (Å²) in [5.41, 5.74) is 5.26. The summed E-state index contributed by atoms with van der Waals surface area (Å²) in [6.07, 6.45) is 2.24. The van der Waals surface area contributed by atoms with E-state index in [4.69, 9.17) is 5.73 Å². The molecule has 2 rings (SSSR count). The van der Waals surface area contributed by atoms with E-state index in [0.29, 0.717) is 23.9 Å². The van der Waals surface area contributed by atoms with Gasteiger partial charge in [0, 0.05) is 12.5 Å². The molecule has 0 radical (unpaired) electrons. The van der Waals surface area contributed by atoms with E-state index in [-0.39, 0.29) is 17.4 Å². The molecule has 0 aromatic carbocycles. The molecular formula is C12H18N4O3S2. The Morgan fingerprint density at radius 1 is 1.62 bits per heavy atom. The number of sulfone groups is 1. The van der Waals surface area contributed by atoms with Crippen molar-refractivity contribution in [3.05, 3.63) is 18.5 Å². The first-order valence-corrected chi connectivity index (χ1v) is 9.24. The van der Waals surface area contributed by atoms with Crippen molar-refractivity contribution in [2.45, 2.75) is 36.2 Å². The van der Waals surface area contributed by atoms with E-state index in [1.165, 1.54) is 11.8 Å². The molecule has 0 saturated carbocycles. The largest absolute Gasteiger partial charge is 0.369 e. The number of nitrogens with two attached hydrogens (primary N) is 1. The molecule has 116 valence electrons. The Kier molecular flexibility index (Phi) is 4.72. The van der Waals surface area contributed by atoms with Crippen LogP contribution < -0.4 is 5.73 Å². The molecule has 1 aliphatic rings. The molecule has 2 N–H and O–H groups in total. The Balaban J connectivity index is 2.28. The minimum atomic E-state index is -2.99. The van der Waals surface area contributed by atoms with Crippen LogP contribution in [0.5, 0.6) is 0 Å². The van der Waals surface area contributed by atoms with Crippen LogP contribution in [-0.4, -0.2) is 45.8 Å². The summed E-state index contributed by atoms with van der Waals surface area (Å²) in [6.45, 7) is 5.85. The number of nitrogens with zero attached hydrogens (tertiary/aromatic N) is 3. The number of carbonyl (C=O) groups is 1. The maximum Gasteiger partial charge on any atom is 0.230 e. The van der Waals surface area contributed by atoms with Gasteiger partial charge in [-0.25, -0.2) is 8.42 Å². The number of primary amides is 1. The number of carbonyl (C=O) groups excluding carboxylic acids is 1. The van der Waals surface area contributed by atoms with Crippen LogP contribution in [0.1, 0.15) is 25.1 Å². The summed E-state index contributed by atoms with van der Waals surface area (Å²) < 4.78 is 25.0. The van der Waals surface area contributed by atoms with Gasteiger partial charge in [0.25, 0.3) is 0 Å². The first-order chi connectivity index (χ1) is 9.84. The van der Waals surface area contributed by atoms with E-state index >= 15 is 0 Å². The van der Waals surface area contributed by atoms with Crippen molar-refractivity contribution in [1.29, 1.82) is 0 Å². The van der Waals surface area contributed by atoms with Crippen molar-refractivity contribution < 1.29 is 13.2 Å². The minimum Gasteiger partial charge on any atom is -0.369 e. The quantitative estimate of drug-likeness (QED) is 0.595. The molecule has 0 bridgehead atoms. The average Bonchev–Trinajstić information content (AvgIpc) is 2.94. The van der Waals surface area contributed by atoms with Gasteiger partial charge < -0.3 is 10.3 Å². The molecule has 1 amide bonds. The summed E-state index contributed by atoms with van der Waals surface area (Å²) in [7, 11) is -2.99. The summed E-state index contributed by atoms with van der Waals surface area (Å²) in [5, 5.41) is 8.32. The van der Waals surface area contributed by atoms with Crippen LogP contribution in [-0.2, 0) is 21.2 Å². The monoisotopic (exact) mass is 330 g/mol. The fourth-order valence-electron chi connectivity index (χ4n) is 2.20. The standard InChI is InChI=1S/C12H18N4O3S2/c1-3-5-16-11(9-4-6-21(18,19)7-9)14-15-12(16)20-8(2)10(13)17/h3,8-9H,1,4-7H2,2H3,(H2,13,17)/t8-,9-/m0/s1. The molecule has 0 spiro atoms. The topological polar surface area (TPSA) is 108 Å². The number of hydrogen-bond acceptors (Lipinski definition) is 6. The Bertz CT molecular complexity index is 653. The second-order valence-electron chi connectivity index (χ2n) is 5.00. The maximum atomic E-state index is 11.6. The minimum absolute atomic E-state index is 0.0956. The number of aromatic nitrogens is 3. The van der Waals surface area contributed by atoms with Gasteiger partial charge in [0.05, 0.1) is 16.8 Å². The molecule has 7 nitrogen and oxygen atoms in total. The van der Waals surface area contributed by atoms with Crippen molar-refractivity contribution >= 4 is 27.5 Å². The highest BCUT2D eigenvalue weighted by atomic mass is 32.2. The van der Waals surface area contributed by atoms with Crippen molar-refractivity contribution in [2.75, 3.05) is 11.5 Å². The molecule has 2 heterocycles. The van der Waals surface area contributed by atoms with Crippen LogP contribution in [0.3, 0.4) is 0 Å².